The Hall–Kier alpha value is -0.870. The number of ketones is 1. The van der Waals surface area contributed by atoms with E-state index in [1.165, 1.54) is 6.92 Å². The van der Waals surface area contributed by atoms with Crippen LogP contribution < -0.4 is 5.32 Å². The van der Waals surface area contributed by atoms with E-state index in [2.05, 4.69) is 21.2 Å². The molecule has 1 aromatic carbocycles. The summed E-state index contributed by atoms with van der Waals surface area (Å²) in [6.45, 7) is 1.46. The SMILES string of the molecule is CC(=O)CCC(=O)Nc1cc(Cl)ccc1Br. The molecule has 0 aromatic heterocycles. The first-order chi connectivity index (χ1) is 7.49. The number of rotatable bonds is 4. The van der Waals surface area contributed by atoms with Gasteiger partial charge in [0.1, 0.15) is 5.78 Å². The average molecular weight is 305 g/mol. The van der Waals surface area contributed by atoms with Crippen molar-refractivity contribution >= 4 is 44.9 Å². The number of nitrogens with one attached hydrogen (secondary N) is 1. The quantitative estimate of drug-likeness (QED) is 0.926. The second kappa shape index (κ2) is 6.01. The highest BCUT2D eigenvalue weighted by Gasteiger charge is 2.07. The van der Waals surface area contributed by atoms with Gasteiger partial charge in [-0.3, -0.25) is 4.79 Å². The molecule has 0 heterocycles. The summed E-state index contributed by atoms with van der Waals surface area (Å²) >= 11 is 9.10. The highest BCUT2D eigenvalue weighted by molar-refractivity contribution is 9.10. The van der Waals surface area contributed by atoms with Crippen molar-refractivity contribution in [2.75, 3.05) is 5.32 Å². The summed E-state index contributed by atoms with van der Waals surface area (Å²) < 4.78 is 0.757. The molecule has 0 aliphatic carbocycles. The predicted octanol–water partition coefficient (Wildman–Crippen LogP) is 3.41. The number of hydrogen-bond donors (Lipinski definition) is 1. The average Bonchev–Trinajstić information content (AvgIpc) is 2.20. The van der Waals surface area contributed by atoms with E-state index in [-0.39, 0.29) is 24.5 Å². The number of carbonyl (C=O) groups is 2. The van der Waals surface area contributed by atoms with E-state index in [1.807, 2.05) is 0 Å². The first-order valence-corrected chi connectivity index (χ1v) is 5.90. The fourth-order valence-corrected chi connectivity index (χ4v) is 1.61. The number of anilines is 1. The minimum Gasteiger partial charge on any atom is -0.325 e. The second-order valence-electron chi connectivity index (χ2n) is 3.37. The Bertz CT molecular complexity index is 420. The van der Waals surface area contributed by atoms with Gasteiger partial charge in [0, 0.05) is 22.3 Å². The lowest BCUT2D eigenvalue weighted by Crippen LogP contribution is -2.12. The number of Topliss-reactive ketones (excluding diaryl/α,β-unsaturated/α-hetero) is 1. The molecule has 0 atom stereocenters. The summed E-state index contributed by atoms with van der Waals surface area (Å²) in [5, 5.41) is 3.23. The fourth-order valence-electron chi connectivity index (χ4n) is 1.10. The van der Waals surface area contributed by atoms with E-state index in [0.717, 1.165) is 4.47 Å². The molecule has 1 aromatic rings. The zero-order chi connectivity index (χ0) is 12.1. The molecule has 0 aliphatic heterocycles. The molecule has 0 fully saturated rings. The molecule has 1 N–H and O–H groups in total. The van der Waals surface area contributed by atoms with Crippen molar-refractivity contribution in [3.8, 4) is 0 Å². The summed E-state index contributed by atoms with van der Waals surface area (Å²) in [5.41, 5.74) is 0.612. The molecule has 3 nitrogen and oxygen atoms in total. The Kier molecular flexibility index (Phi) is 4.96. The molecule has 0 aliphatic rings. The van der Waals surface area contributed by atoms with Gasteiger partial charge in [0.05, 0.1) is 5.69 Å². The molecular weight excluding hydrogens is 293 g/mol. The van der Waals surface area contributed by atoms with Gasteiger partial charge in [-0.2, -0.15) is 0 Å². The maximum absolute atomic E-state index is 11.5. The molecule has 5 heteroatoms. The number of halogens is 2. The molecule has 0 saturated heterocycles. The van der Waals surface area contributed by atoms with Crippen LogP contribution in [0.25, 0.3) is 0 Å². The standard InChI is InChI=1S/C11H11BrClNO2/c1-7(15)2-5-11(16)14-10-6-8(13)3-4-9(10)12/h3-4,6H,2,5H2,1H3,(H,14,16). The molecule has 0 spiro atoms. The van der Waals surface area contributed by atoms with Gasteiger partial charge in [0.25, 0.3) is 0 Å². The summed E-state index contributed by atoms with van der Waals surface area (Å²) in [7, 11) is 0. The minimum atomic E-state index is -0.196. The Morgan fingerprint density at radius 2 is 2.06 bits per heavy atom. The lowest BCUT2D eigenvalue weighted by Gasteiger charge is -2.07. The largest absolute Gasteiger partial charge is 0.325 e. The lowest BCUT2D eigenvalue weighted by molar-refractivity contribution is -0.121. The highest BCUT2D eigenvalue weighted by atomic mass is 79.9. The summed E-state index contributed by atoms with van der Waals surface area (Å²) in [5.74, 6) is -0.196. The van der Waals surface area contributed by atoms with Crippen molar-refractivity contribution in [1.82, 2.24) is 0 Å². The summed E-state index contributed by atoms with van der Waals surface area (Å²) in [6, 6.07) is 5.12. The zero-order valence-corrected chi connectivity index (χ0v) is 11.1. The molecule has 0 radical (unpaired) electrons. The zero-order valence-electron chi connectivity index (χ0n) is 8.72. The summed E-state index contributed by atoms with van der Waals surface area (Å²) in [6.07, 6.45) is 0.443. The highest BCUT2D eigenvalue weighted by Crippen LogP contribution is 2.25. The van der Waals surface area contributed by atoms with Crippen LogP contribution in [-0.4, -0.2) is 11.7 Å². The van der Waals surface area contributed by atoms with Gasteiger partial charge in [-0.15, -0.1) is 0 Å². The minimum absolute atomic E-state index is 0.000287. The van der Waals surface area contributed by atoms with Crippen molar-refractivity contribution in [2.45, 2.75) is 19.8 Å². The molecular formula is C11H11BrClNO2. The van der Waals surface area contributed by atoms with Crippen LogP contribution >= 0.6 is 27.5 Å². The lowest BCUT2D eigenvalue weighted by atomic mass is 10.2. The van der Waals surface area contributed by atoms with Crippen LogP contribution in [-0.2, 0) is 9.59 Å². The molecule has 86 valence electrons. The van der Waals surface area contributed by atoms with Crippen molar-refractivity contribution in [1.29, 1.82) is 0 Å². The third kappa shape index (κ3) is 4.33. The molecule has 1 rings (SSSR count). The van der Waals surface area contributed by atoms with E-state index in [1.54, 1.807) is 18.2 Å². The maximum atomic E-state index is 11.5. The normalized spacial score (nSPS) is 9.94. The van der Waals surface area contributed by atoms with Crippen LogP contribution in [0.1, 0.15) is 19.8 Å². The van der Waals surface area contributed by atoms with Crippen LogP contribution in [0.4, 0.5) is 5.69 Å². The maximum Gasteiger partial charge on any atom is 0.224 e. The van der Waals surface area contributed by atoms with Gasteiger partial charge in [-0.1, -0.05) is 11.6 Å². The van der Waals surface area contributed by atoms with Crippen molar-refractivity contribution in [3.63, 3.8) is 0 Å². The van der Waals surface area contributed by atoms with Gasteiger partial charge in [-0.25, -0.2) is 0 Å². The third-order valence-corrected chi connectivity index (χ3v) is 2.83. The molecule has 16 heavy (non-hydrogen) atoms. The fraction of sp³-hybridized carbons (Fsp3) is 0.273. The predicted molar refractivity (Wildman–Crippen MR) is 67.7 cm³/mol. The Balaban J connectivity index is 2.62. The Morgan fingerprint density at radius 3 is 2.69 bits per heavy atom. The molecule has 0 saturated carbocycles. The van der Waals surface area contributed by atoms with Crippen molar-refractivity contribution < 1.29 is 9.59 Å². The summed E-state index contributed by atoms with van der Waals surface area (Å²) in [4.78, 5) is 22.2. The van der Waals surface area contributed by atoms with Crippen LogP contribution in [0.2, 0.25) is 5.02 Å². The second-order valence-corrected chi connectivity index (χ2v) is 4.67. The van der Waals surface area contributed by atoms with Gasteiger partial charge in [0.15, 0.2) is 0 Å². The monoisotopic (exact) mass is 303 g/mol. The van der Waals surface area contributed by atoms with Gasteiger partial charge in [-0.05, 0) is 41.1 Å². The van der Waals surface area contributed by atoms with Crippen molar-refractivity contribution in [2.24, 2.45) is 0 Å². The third-order valence-electron chi connectivity index (χ3n) is 1.91. The van der Waals surface area contributed by atoms with E-state index in [4.69, 9.17) is 11.6 Å². The van der Waals surface area contributed by atoms with Crippen LogP contribution in [0.15, 0.2) is 22.7 Å². The van der Waals surface area contributed by atoms with Crippen molar-refractivity contribution in [3.05, 3.63) is 27.7 Å². The van der Waals surface area contributed by atoms with Crippen LogP contribution in [0, 0.1) is 0 Å². The molecule has 0 bridgehead atoms. The first kappa shape index (κ1) is 13.2. The smallest absolute Gasteiger partial charge is 0.224 e. The van der Waals surface area contributed by atoms with E-state index >= 15 is 0 Å². The molecule has 0 unspecified atom stereocenters. The topological polar surface area (TPSA) is 46.2 Å². The first-order valence-electron chi connectivity index (χ1n) is 4.73. The Labute approximate surface area is 107 Å². The Morgan fingerprint density at radius 1 is 1.38 bits per heavy atom. The van der Waals surface area contributed by atoms with Crippen LogP contribution in [0.3, 0.4) is 0 Å². The number of carbonyl (C=O) groups excluding carboxylic acids is 2. The van der Waals surface area contributed by atoms with Gasteiger partial charge >= 0.3 is 0 Å². The van der Waals surface area contributed by atoms with E-state index in [9.17, 15) is 9.59 Å². The molecule has 1 amide bonds. The van der Waals surface area contributed by atoms with E-state index < -0.39 is 0 Å². The number of amides is 1. The number of benzene rings is 1. The van der Waals surface area contributed by atoms with Crippen LogP contribution in [0.5, 0.6) is 0 Å². The van der Waals surface area contributed by atoms with E-state index in [0.29, 0.717) is 10.7 Å². The van der Waals surface area contributed by atoms with Gasteiger partial charge < -0.3 is 10.1 Å². The number of hydrogen-bond acceptors (Lipinski definition) is 2. The van der Waals surface area contributed by atoms with Gasteiger partial charge in [0.2, 0.25) is 5.91 Å².